The van der Waals surface area contributed by atoms with Crippen LogP contribution in [0, 0.1) is 0 Å². The van der Waals surface area contributed by atoms with E-state index in [4.69, 9.17) is 4.74 Å². The highest BCUT2D eigenvalue weighted by Crippen LogP contribution is 2.13. The summed E-state index contributed by atoms with van der Waals surface area (Å²) < 4.78 is 10.3. The zero-order chi connectivity index (χ0) is 16.2. The fourth-order valence-electron chi connectivity index (χ4n) is 2.56. The standard InChI is InChI=1S/C16H31N3O3.HI/c1-4-17-16(18-11-7-6-8-15(20)21-3)19-12-9-14(10-13-19)22-5-2;/h14H,4-13H2,1-3H3,(H,17,18);1H. The Bertz CT molecular complexity index is 345. The van der Waals surface area contributed by atoms with Crippen molar-refractivity contribution >= 4 is 35.9 Å². The molecule has 0 aromatic heterocycles. The lowest BCUT2D eigenvalue weighted by atomic mass is 10.1. The number of guanidine groups is 1. The van der Waals surface area contributed by atoms with Crippen molar-refractivity contribution in [3.63, 3.8) is 0 Å². The Balaban J connectivity index is 0.00000484. The van der Waals surface area contributed by atoms with Gasteiger partial charge in [-0.15, -0.1) is 24.0 Å². The van der Waals surface area contributed by atoms with Crippen LogP contribution in [0.2, 0.25) is 0 Å². The van der Waals surface area contributed by atoms with Crippen molar-refractivity contribution in [3.8, 4) is 0 Å². The largest absolute Gasteiger partial charge is 0.469 e. The Labute approximate surface area is 157 Å². The lowest BCUT2D eigenvalue weighted by Gasteiger charge is -2.34. The van der Waals surface area contributed by atoms with E-state index in [-0.39, 0.29) is 29.9 Å². The van der Waals surface area contributed by atoms with Gasteiger partial charge >= 0.3 is 5.97 Å². The SMILES string of the molecule is CCNC(=NCCCCC(=O)OC)N1CCC(OCC)CC1.I. The smallest absolute Gasteiger partial charge is 0.305 e. The molecule has 1 rings (SSSR count). The number of hydrogen-bond donors (Lipinski definition) is 1. The number of carbonyl (C=O) groups excluding carboxylic acids is 1. The molecular weight excluding hydrogens is 409 g/mol. The van der Waals surface area contributed by atoms with Crippen LogP contribution in [-0.4, -0.2) is 62.8 Å². The first-order valence-corrected chi connectivity index (χ1v) is 8.42. The van der Waals surface area contributed by atoms with Gasteiger partial charge in [-0.2, -0.15) is 0 Å². The van der Waals surface area contributed by atoms with Gasteiger partial charge in [0.05, 0.1) is 13.2 Å². The predicted octanol–water partition coefficient (Wildman–Crippen LogP) is 2.41. The van der Waals surface area contributed by atoms with Gasteiger partial charge in [0.25, 0.3) is 0 Å². The van der Waals surface area contributed by atoms with E-state index in [0.29, 0.717) is 12.5 Å². The van der Waals surface area contributed by atoms with Crippen LogP contribution in [0.25, 0.3) is 0 Å². The van der Waals surface area contributed by atoms with Crippen LogP contribution >= 0.6 is 24.0 Å². The van der Waals surface area contributed by atoms with Crippen LogP contribution < -0.4 is 5.32 Å². The number of rotatable bonds is 8. The van der Waals surface area contributed by atoms with Gasteiger partial charge in [0.1, 0.15) is 0 Å². The van der Waals surface area contributed by atoms with E-state index in [1.54, 1.807) is 0 Å². The molecule has 1 aliphatic rings. The third-order valence-corrected chi connectivity index (χ3v) is 3.76. The number of piperidine rings is 1. The Morgan fingerprint density at radius 3 is 2.52 bits per heavy atom. The van der Waals surface area contributed by atoms with E-state index in [1.807, 2.05) is 6.92 Å². The molecule has 0 spiro atoms. The van der Waals surface area contributed by atoms with E-state index in [0.717, 1.165) is 64.4 Å². The molecule has 0 aromatic carbocycles. The summed E-state index contributed by atoms with van der Waals surface area (Å²) in [5.41, 5.74) is 0. The van der Waals surface area contributed by atoms with Crippen molar-refractivity contribution in [2.45, 2.75) is 52.1 Å². The fourth-order valence-corrected chi connectivity index (χ4v) is 2.56. The van der Waals surface area contributed by atoms with Crippen LogP contribution in [-0.2, 0) is 14.3 Å². The first kappa shape index (κ1) is 22.4. The molecule has 0 aromatic rings. The molecular formula is C16H32IN3O3. The first-order chi connectivity index (χ1) is 10.7. The summed E-state index contributed by atoms with van der Waals surface area (Å²) in [6.07, 6.45) is 4.70. The van der Waals surface area contributed by atoms with Crippen LogP contribution in [0.5, 0.6) is 0 Å². The molecule has 136 valence electrons. The molecule has 0 aliphatic carbocycles. The minimum atomic E-state index is -0.145. The van der Waals surface area contributed by atoms with Crippen LogP contribution in [0.15, 0.2) is 4.99 Å². The van der Waals surface area contributed by atoms with E-state index in [9.17, 15) is 4.79 Å². The normalized spacial score (nSPS) is 16.0. The molecule has 1 N–H and O–H groups in total. The number of nitrogens with one attached hydrogen (secondary N) is 1. The van der Waals surface area contributed by atoms with Crippen molar-refractivity contribution < 1.29 is 14.3 Å². The molecule has 0 saturated carbocycles. The Hall–Kier alpha value is -0.570. The zero-order valence-electron chi connectivity index (χ0n) is 14.7. The van der Waals surface area contributed by atoms with Crippen molar-refractivity contribution in [2.24, 2.45) is 4.99 Å². The van der Waals surface area contributed by atoms with Gasteiger partial charge in [0.2, 0.25) is 0 Å². The number of nitrogens with zero attached hydrogens (tertiary/aromatic N) is 2. The molecule has 1 heterocycles. The predicted molar refractivity (Wildman–Crippen MR) is 103 cm³/mol. The summed E-state index contributed by atoms with van der Waals surface area (Å²) >= 11 is 0. The Kier molecular flexibility index (Phi) is 13.5. The van der Waals surface area contributed by atoms with Gasteiger partial charge in [-0.1, -0.05) is 0 Å². The van der Waals surface area contributed by atoms with Crippen molar-refractivity contribution in [2.75, 3.05) is 39.9 Å². The van der Waals surface area contributed by atoms with Gasteiger partial charge in [-0.05, 0) is 39.5 Å². The number of carbonyl (C=O) groups is 1. The average Bonchev–Trinajstić information content (AvgIpc) is 2.54. The first-order valence-electron chi connectivity index (χ1n) is 8.42. The van der Waals surface area contributed by atoms with Crippen molar-refractivity contribution in [1.29, 1.82) is 0 Å². The molecule has 0 atom stereocenters. The number of hydrogen-bond acceptors (Lipinski definition) is 4. The molecule has 0 amide bonds. The summed E-state index contributed by atoms with van der Waals surface area (Å²) in [5.74, 6) is 0.837. The molecule has 1 fully saturated rings. The van der Waals surface area contributed by atoms with Gasteiger partial charge in [-0.3, -0.25) is 9.79 Å². The number of likely N-dealkylation sites (tertiary alicyclic amines) is 1. The summed E-state index contributed by atoms with van der Waals surface area (Å²) in [5, 5.41) is 3.35. The minimum Gasteiger partial charge on any atom is -0.469 e. The van der Waals surface area contributed by atoms with Crippen LogP contribution in [0.1, 0.15) is 46.0 Å². The highest BCUT2D eigenvalue weighted by molar-refractivity contribution is 14.0. The van der Waals surface area contributed by atoms with E-state index < -0.39 is 0 Å². The van der Waals surface area contributed by atoms with Crippen LogP contribution in [0.3, 0.4) is 0 Å². The number of unbranched alkanes of at least 4 members (excludes halogenated alkanes) is 1. The van der Waals surface area contributed by atoms with Crippen molar-refractivity contribution in [1.82, 2.24) is 10.2 Å². The second-order valence-corrected chi connectivity index (χ2v) is 5.41. The third kappa shape index (κ3) is 9.34. The molecule has 23 heavy (non-hydrogen) atoms. The van der Waals surface area contributed by atoms with E-state index >= 15 is 0 Å². The van der Waals surface area contributed by atoms with Crippen molar-refractivity contribution in [3.05, 3.63) is 0 Å². The van der Waals surface area contributed by atoms with E-state index in [2.05, 4.69) is 26.9 Å². The fraction of sp³-hybridized carbons (Fsp3) is 0.875. The average molecular weight is 441 g/mol. The zero-order valence-corrected chi connectivity index (χ0v) is 17.0. The second kappa shape index (κ2) is 13.8. The topological polar surface area (TPSA) is 63.2 Å². The lowest BCUT2D eigenvalue weighted by Crippen LogP contribution is -2.47. The molecule has 0 bridgehead atoms. The van der Waals surface area contributed by atoms with Gasteiger partial charge in [0.15, 0.2) is 5.96 Å². The number of esters is 1. The molecule has 6 nitrogen and oxygen atoms in total. The highest BCUT2D eigenvalue weighted by atomic mass is 127. The molecule has 0 unspecified atom stereocenters. The van der Waals surface area contributed by atoms with Crippen LogP contribution in [0.4, 0.5) is 0 Å². The molecule has 7 heteroatoms. The number of aliphatic imine (C=N–C) groups is 1. The highest BCUT2D eigenvalue weighted by Gasteiger charge is 2.21. The lowest BCUT2D eigenvalue weighted by molar-refractivity contribution is -0.140. The van der Waals surface area contributed by atoms with Gasteiger partial charge in [-0.25, -0.2) is 0 Å². The summed E-state index contributed by atoms with van der Waals surface area (Å²) in [7, 11) is 1.43. The summed E-state index contributed by atoms with van der Waals surface area (Å²) in [6, 6.07) is 0. The van der Waals surface area contributed by atoms with Gasteiger partial charge < -0.3 is 19.7 Å². The maximum Gasteiger partial charge on any atom is 0.305 e. The molecule has 1 aliphatic heterocycles. The molecule has 0 radical (unpaired) electrons. The summed E-state index contributed by atoms with van der Waals surface area (Å²) in [6.45, 7) is 8.50. The quantitative estimate of drug-likeness (QED) is 0.206. The summed E-state index contributed by atoms with van der Waals surface area (Å²) in [4.78, 5) is 18.0. The number of methoxy groups -OCH3 is 1. The van der Waals surface area contributed by atoms with E-state index in [1.165, 1.54) is 7.11 Å². The maximum atomic E-state index is 11.1. The van der Waals surface area contributed by atoms with Gasteiger partial charge in [0, 0.05) is 39.2 Å². The monoisotopic (exact) mass is 441 g/mol. The third-order valence-electron chi connectivity index (χ3n) is 3.76. The number of ether oxygens (including phenoxy) is 2. The Morgan fingerprint density at radius 2 is 1.96 bits per heavy atom. The second-order valence-electron chi connectivity index (χ2n) is 5.41. The Morgan fingerprint density at radius 1 is 1.26 bits per heavy atom. The maximum absolute atomic E-state index is 11.1. The minimum absolute atomic E-state index is 0. The molecule has 1 saturated heterocycles. The number of halogens is 1.